The number of benzene rings is 2. The molecule has 0 saturated carbocycles. The number of amides is 1. The molecule has 1 fully saturated rings. The Morgan fingerprint density at radius 3 is 2.40 bits per heavy atom. The summed E-state index contributed by atoms with van der Waals surface area (Å²) in [5.41, 5.74) is 0.549. The van der Waals surface area contributed by atoms with Gasteiger partial charge in [0.1, 0.15) is 6.54 Å². The number of nitrogens with one attached hydrogen (secondary N) is 1. The highest BCUT2D eigenvalue weighted by molar-refractivity contribution is 7.89. The van der Waals surface area contributed by atoms with E-state index in [0.717, 1.165) is 29.4 Å². The summed E-state index contributed by atoms with van der Waals surface area (Å²) in [7, 11) is -3.69. The van der Waals surface area contributed by atoms with E-state index in [-0.39, 0.29) is 17.1 Å². The predicted molar refractivity (Wildman–Crippen MR) is 133 cm³/mol. The highest BCUT2D eigenvalue weighted by Crippen LogP contribution is 2.26. The molecule has 0 aliphatic carbocycles. The zero-order valence-corrected chi connectivity index (χ0v) is 20.3. The second kappa shape index (κ2) is 10.4. The van der Waals surface area contributed by atoms with E-state index in [1.807, 2.05) is 30.3 Å². The molecule has 0 unspecified atom stereocenters. The maximum atomic E-state index is 13.1. The molecule has 4 rings (SSSR count). The molecular weight excluding hydrogens is 468 g/mol. The zero-order valence-electron chi connectivity index (χ0n) is 19.5. The summed E-state index contributed by atoms with van der Waals surface area (Å²) in [6, 6.07) is 15.2. The van der Waals surface area contributed by atoms with Gasteiger partial charge < -0.3 is 5.32 Å². The molecule has 1 aliphatic heterocycles. The molecule has 1 amide bonds. The van der Waals surface area contributed by atoms with Crippen LogP contribution in [0.5, 0.6) is 0 Å². The van der Waals surface area contributed by atoms with Crippen molar-refractivity contribution in [3.05, 3.63) is 92.8 Å². The number of sulfonamides is 1. The van der Waals surface area contributed by atoms with Crippen LogP contribution in [-0.4, -0.2) is 40.9 Å². The topological polar surface area (TPSA) is 110 Å². The van der Waals surface area contributed by atoms with Crippen molar-refractivity contribution in [1.82, 2.24) is 13.4 Å². The number of carbonyl (C=O) groups is 1. The Balaban J connectivity index is 1.53. The van der Waals surface area contributed by atoms with Crippen LogP contribution >= 0.6 is 0 Å². The second-order valence-electron chi connectivity index (χ2n) is 8.63. The molecule has 35 heavy (non-hydrogen) atoms. The van der Waals surface area contributed by atoms with Gasteiger partial charge in [0.2, 0.25) is 15.9 Å². The van der Waals surface area contributed by atoms with E-state index in [9.17, 15) is 22.8 Å². The van der Waals surface area contributed by atoms with E-state index in [1.54, 1.807) is 19.1 Å². The Hall–Kier alpha value is -3.50. The third-order valence-electron chi connectivity index (χ3n) is 6.04. The van der Waals surface area contributed by atoms with Crippen LogP contribution in [0.1, 0.15) is 30.4 Å². The van der Waals surface area contributed by atoms with Crippen molar-refractivity contribution in [2.45, 2.75) is 44.2 Å². The first-order valence-corrected chi connectivity index (χ1v) is 12.9. The maximum Gasteiger partial charge on any atom is 0.331 e. The highest BCUT2D eigenvalue weighted by atomic mass is 32.2. The number of nitrogens with zero attached hydrogens (tertiary/aromatic N) is 3. The summed E-state index contributed by atoms with van der Waals surface area (Å²) >= 11 is 0. The number of carbonyl (C=O) groups excluding carboxylic acids is 1. The first-order valence-electron chi connectivity index (χ1n) is 11.5. The van der Waals surface area contributed by atoms with Crippen molar-refractivity contribution in [1.29, 1.82) is 0 Å². The fourth-order valence-corrected chi connectivity index (χ4v) is 5.91. The fraction of sp³-hybridized carbons (Fsp3) is 0.320. The Morgan fingerprint density at radius 1 is 0.971 bits per heavy atom. The van der Waals surface area contributed by atoms with Crippen molar-refractivity contribution in [3.63, 3.8) is 0 Å². The summed E-state index contributed by atoms with van der Waals surface area (Å²) in [6.45, 7) is 2.43. The largest absolute Gasteiger partial charge is 0.331 e. The standard InChI is InChI=1S/C25H28N4O5S/c1-19-10-11-21(16-22(19)35(33,34)28-13-6-3-7-14-28)26-23(30)18-29-24(31)12-15-27(25(29)32)17-20-8-4-2-5-9-20/h2,4-5,8-12,15-16H,3,6-7,13-14,17-18H2,1H3,(H,26,30). The molecule has 1 aromatic heterocycles. The minimum absolute atomic E-state index is 0.138. The van der Waals surface area contributed by atoms with Crippen LogP contribution in [0.25, 0.3) is 0 Å². The summed E-state index contributed by atoms with van der Waals surface area (Å²) in [6.07, 6.45) is 4.06. The molecule has 2 aromatic carbocycles. The van der Waals surface area contributed by atoms with E-state index in [2.05, 4.69) is 5.32 Å². The number of piperidine rings is 1. The van der Waals surface area contributed by atoms with E-state index in [0.29, 0.717) is 18.7 Å². The lowest BCUT2D eigenvalue weighted by Crippen LogP contribution is -2.41. The van der Waals surface area contributed by atoms with Gasteiger partial charge in [-0.3, -0.25) is 18.7 Å². The van der Waals surface area contributed by atoms with Crippen molar-refractivity contribution >= 4 is 21.6 Å². The number of aryl methyl sites for hydroxylation is 1. The first kappa shape index (κ1) is 24.6. The van der Waals surface area contributed by atoms with Gasteiger partial charge in [-0.2, -0.15) is 4.31 Å². The Morgan fingerprint density at radius 2 is 1.69 bits per heavy atom. The minimum Gasteiger partial charge on any atom is -0.324 e. The SMILES string of the molecule is Cc1ccc(NC(=O)Cn2c(=O)ccn(Cc3ccccc3)c2=O)cc1S(=O)(=O)N1CCCCC1. The summed E-state index contributed by atoms with van der Waals surface area (Å²) < 4.78 is 30.0. The van der Waals surface area contributed by atoms with Gasteiger partial charge in [0.05, 0.1) is 11.4 Å². The van der Waals surface area contributed by atoms with Crippen LogP contribution in [0, 0.1) is 6.92 Å². The molecule has 184 valence electrons. The molecule has 9 nitrogen and oxygen atoms in total. The third kappa shape index (κ3) is 5.60. The van der Waals surface area contributed by atoms with Gasteiger partial charge in [-0.05, 0) is 43.0 Å². The molecule has 0 radical (unpaired) electrons. The lowest BCUT2D eigenvalue weighted by molar-refractivity contribution is -0.116. The van der Waals surface area contributed by atoms with Crippen molar-refractivity contribution < 1.29 is 13.2 Å². The average molecular weight is 497 g/mol. The summed E-state index contributed by atoms with van der Waals surface area (Å²) in [5, 5.41) is 2.63. The second-order valence-corrected chi connectivity index (χ2v) is 10.5. The summed E-state index contributed by atoms with van der Waals surface area (Å²) in [5.74, 6) is -0.605. The molecule has 1 aliphatic rings. The van der Waals surface area contributed by atoms with Gasteiger partial charge in [-0.25, -0.2) is 13.2 Å². The number of hydrogen-bond acceptors (Lipinski definition) is 5. The zero-order chi connectivity index (χ0) is 25.0. The van der Waals surface area contributed by atoms with Crippen molar-refractivity contribution in [3.8, 4) is 0 Å². The van der Waals surface area contributed by atoms with Crippen molar-refractivity contribution in [2.75, 3.05) is 18.4 Å². The molecule has 0 atom stereocenters. The molecule has 0 spiro atoms. The van der Waals surface area contributed by atoms with E-state index in [1.165, 1.54) is 27.2 Å². The van der Waals surface area contributed by atoms with Gasteiger partial charge in [-0.15, -0.1) is 0 Å². The molecule has 10 heteroatoms. The van der Waals surface area contributed by atoms with Gasteiger partial charge in [-0.1, -0.05) is 42.8 Å². The Bertz CT molecular complexity index is 1440. The smallest absolute Gasteiger partial charge is 0.324 e. The number of anilines is 1. The monoisotopic (exact) mass is 496 g/mol. The quantitative estimate of drug-likeness (QED) is 0.539. The number of hydrogen-bond donors (Lipinski definition) is 1. The normalized spacial score (nSPS) is 14.5. The van der Waals surface area contributed by atoms with Crippen LogP contribution in [-0.2, 0) is 27.9 Å². The minimum atomic E-state index is -3.69. The highest BCUT2D eigenvalue weighted by Gasteiger charge is 2.27. The molecule has 1 N–H and O–H groups in total. The fourth-order valence-electron chi connectivity index (χ4n) is 4.15. The van der Waals surface area contributed by atoms with Gasteiger partial charge in [0.15, 0.2) is 0 Å². The van der Waals surface area contributed by atoms with E-state index >= 15 is 0 Å². The molecule has 1 saturated heterocycles. The molecular formula is C25H28N4O5S. The molecule has 3 aromatic rings. The average Bonchev–Trinajstić information content (AvgIpc) is 2.86. The van der Waals surface area contributed by atoms with Gasteiger partial charge in [0.25, 0.3) is 5.56 Å². The van der Waals surface area contributed by atoms with E-state index in [4.69, 9.17) is 0 Å². The third-order valence-corrected chi connectivity index (χ3v) is 8.08. The van der Waals surface area contributed by atoms with Crippen LogP contribution in [0.4, 0.5) is 5.69 Å². The lowest BCUT2D eigenvalue weighted by Gasteiger charge is -2.26. The van der Waals surface area contributed by atoms with Crippen LogP contribution < -0.4 is 16.6 Å². The maximum absolute atomic E-state index is 13.1. The van der Waals surface area contributed by atoms with Crippen molar-refractivity contribution in [2.24, 2.45) is 0 Å². The first-order chi connectivity index (χ1) is 16.8. The van der Waals surface area contributed by atoms with Gasteiger partial charge in [0, 0.05) is 31.0 Å². The van der Waals surface area contributed by atoms with E-state index < -0.39 is 33.7 Å². The Kier molecular flexibility index (Phi) is 7.32. The number of aromatic nitrogens is 2. The van der Waals surface area contributed by atoms with Crippen LogP contribution in [0.3, 0.4) is 0 Å². The Labute approximate surface area is 203 Å². The van der Waals surface area contributed by atoms with Gasteiger partial charge >= 0.3 is 5.69 Å². The molecule has 2 heterocycles. The van der Waals surface area contributed by atoms with Crippen LogP contribution in [0.2, 0.25) is 0 Å². The number of rotatable bonds is 7. The predicted octanol–water partition coefficient (Wildman–Crippen LogP) is 2.18. The van der Waals surface area contributed by atoms with Crippen LogP contribution in [0.15, 0.2) is 75.3 Å². The lowest BCUT2D eigenvalue weighted by atomic mass is 10.2. The molecule has 0 bridgehead atoms. The summed E-state index contributed by atoms with van der Waals surface area (Å²) in [4.78, 5) is 38.0.